The minimum atomic E-state index is -0.341. The number of aryl methyl sites for hydroxylation is 1. The van der Waals surface area contributed by atoms with E-state index in [1.165, 1.54) is 0 Å². The first-order chi connectivity index (χ1) is 11.5. The molecule has 0 unspecified atom stereocenters. The second-order valence-corrected chi connectivity index (χ2v) is 7.57. The Bertz CT molecular complexity index is 607. The molecule has 3 rings (SSSR count). The van der Waals surface area contributed by atoms with Crippen LogP contribution in [0.1, 0.15) is 50.2 Å². The number of aliphatic hydroxyl groups excluding tert-OH is 1. The number of piperidine rings is 1. The van der Waals surface area contributed by atoms with Crippen LogP contribution in [0.4, 0.5) is 0 Å². The quantitative estimate of drug-likeness (QED) is 0.902. The average molecular weight is 331 g/mol. The van der Waals surface area contributed by atoms with E-state index in [-0.39, 0.29) is 23.3 Å². The van der Waals surface area contributed by atoms with Crippen LogP contribution in [0.5, 0.6) is 5.75 Å². The minimum Gasteiger partial charge on any atom is -0.496 e. The lowest BCUT2D eigenvalue weighted by atomic mass is 9.76. The van der Waals surface area contributed by atoms with Crippen LogP contribution in [0.25, 0.3) is 0 Å². The van der Waals surface area contributed by atoms with E-state index in [1.54, 1.807) is 7.11 Å². The number of nitrogens with zero attached hydrogens (tertiary/aromatic N) is 1. The molecule has 1 saturated heterocycles. The summed E-state index contributed by atoms with van der Waals surface area (Å²) in [5.74, 6) is 1.12. The van der Waals surface area contributed by atoms with E-state index < -0.39 is 0 Å². The fraction of sp³-hybridized carbons (Fsp3) is 0.650. The Balaban J connectivity index is 1.76. The van der Waals surface area contributed by atoms with Gasteiger partial charge in [-0.2, -0.15) is 0 Å². The van der Waals surface area contributed by atoms with Gasteiger partial charge in [0.1, 0.15) is 5.75 Å². The maximum absolute atomic E-state index is 13.2. The Morgan fingerprint density at radius 3 is 2.42 bits per heavy atom. The van der Waals surface area contributed by atoms with Crippen LogP contribution in [-0.2, 0) is 10.2 Å². The molecule has 0 spiro atoms. The number of rotatable bonds is 5. The van der Waals surface area contributed by atoms with E-state index in [1.807, 2.05) is 24.0 Å². The van der Waals surface area contributed by atoms with Crippen LogP contribution < -0.4 is 4.74 Å². The van der Waals surface area contributed by atoms with Gasteiger partial charge in [0.15, 0.2) is 0 Å². The molecular weight excluding hydrogens is 302 g/mol. The van der Waals surface area contributed by atoms with Gasteiger partial charge in [-0.25, -0.2) is 0 Å². The summed E-state index contributed by atoms with van der Waals surface area (Å²) < 4.78 is 5.44. The Labute approximate surface area is 144 Å². The van der Waals surface area contributed by atoms with Crippen molar-refractivity contribution in [3.8, 4) is 5.75 Å². The number of likely N-dealkylation sites (tertiary alicyclic amines) is 1. The summed E-state index contributed by atoms with van der Waals surface area (Å²) in [6.45, 7) is 5.91. The van der Waals surface area contributed by atoms with Crippen molar-refractivity contribution < 1.29 is 14.6 Å². The molecule has 1 aromatic carbocycles. The molecule has 4 nitrogen and oxygen atoms in total. The molecule has 132 valence electrons. The zero-order chi connectivity index (χ0) is 17.4. The van der Waals surface area contributed by atoms with E-state index in [4.69, 9.17) is 4.74 Å². The zero-order valence-electron chi connectivity index (χ0n) is 15.1. The molecule has 0 radical (unpaired) electrons. The van der Waals surface area contributed by atoms with Gasteiger partial charge in [-0.1, -0.05) is 19.1 Å². The Morgan fingerprint density at radius 2 is 1.92 bits per heavy atom. The molecule has 1 heterocycles. The van der Waals surface area contributed by atoms with E-state index in [2.05, 4.69) is 13.0 Å². The van der Waals surface area contributed by atoms with Gasteiger partial charge < -0.3 is 14.7 Å². The van der Waals surface area contributed by atoms with Crippen molar-refractivity contribution in [1.29, 1.82) is 0 Å². The van der Waals surface area contributed by atoms with Gasteiger partial charge in [0.25, 0.3) is 0 Å². The highest BCUT2D eigenvalue weighted by atomic mass is 16.5. The number of carbonyl (C=O) groups is 1. The number of amides is 1. The van der Waals surface area contributed by atoms with Crippen molar-refractivity contribution in [1.82, 2.24) is 4.90 Å². The van der Waals surface area contributed by atoms with Crippen molar-refractivity contribution in [2.75, 3.05) is 26.8 Å². The highest BCUT2D eigenvalue weighted by Crippen LogP contribution is 2.51. The van der Waals surface area contributed by atoms with Crippen LogP contribution >= 0.6 is 0 Å². The number of ether oxygens (including phenoxy) is 1. The highest BCUT2D eigenvalue weighted by molar-refractivity contribution is 5.91. The molecule has 0 bridgehead atoms. The standard InChI is InChI=1S/C20H29NO3/c1-4-19(14-22)9-11-21(12-10-19)18(23)20(7-8-20)16-6-5-15(2)17(13-16)24-3/h5-6,13,22H,4,7-12,14H2,1-3H3. The van der Waals surface area contributed by atoms with Gasteiger partial charge in [-0.15, -0.1) is 0 Å². The summed E-state index contributed by atoms with van der Waals surface area (Å²) in [6, 6.07) is 6.16. The third kappa shape index (κ3) is 2.81. The highest BCUT2D eigenvalue weighted by Gasteiger charge is 2.53. The van der Waals surface area contributed by atoms with E-state index in [0.29, 0.717) is 0 Å². The summed E-state index contributed by atoms with van der Waals surface area (Å²) in [6.07, 6.45) is 4.63. The summed E-state index contributed by atoms with van der Waals surface area (Å²) >= 11 is 0. The van der Waals surface area contributed by atoms with Crippen molar-refractivity contribution in [2.24, 2.45) is 5.41 Å². The number of methoxy groups -OCH3 is 1. The molecule has 1 N–H and O–H groups in total. The van der Waals surface area contributed by atoms with Crippen LogP contribution in [-0.4, -0.2) is 42.7 Å². The van der Waals surface area contributed by atoms with Crippen molar-refractivity contribution in [3.63, 3.8) is 0 Å². The molecule has 24 heavy (non-hydrogen) atoms. The van der Waals surface area contributed by atoms with Crippen LogP contribution in [0, 0.1) is 12.3 Å². The molecule has 4 heteroatoms. The minimum absolute atomic E-state index is 0.0145. The lowest BCUT2D eigenvalue weighted by Gasteiger charge is -2.41. The van der Waals surface area contributed by atoms with Crippen molar-refractivity contribution in [3.05, 3.63) is 29.3 Å². The third-order valence-electron chi connectivity index (χ3n) is 6.32. The Kier molecular flexibility index (Phi) is 4.60. The molecule has 2 aliphatic rings. The molecule has 1 aliphatic carbocycles. The molecule has 1 aromatic rings. The predicted molar refractivity (Wildman–Crippen MR) is 94.3 cm³/mol. The Hall–Kier alpha value is -1.55. The Morgan fingerprint density at radius 1 is 1.25 bits per heavy atom. The fourth-order valence-corrected chi connectivity index (χ4v) is 3.98. The molecular formula is C20H29NO3. The van der Waals surface area contributed by atoms with Gasteiger partial charge >= 0.3 is 0 Å². The predicted octanol–water partition coefficient (Wildman–Crippen LogP) is 3.05. The first kappa shape index (κ1) is 17.3. The van der Waals surface area contributed by atoms with E-state index >= 15 is 0 Å². The maximum Gasteiger partial charge on any atom is 0.233 e. The van der Waals surface area contributed by atoms with Gasteiger partial charge in [0.05, 0.1) is 12.5 Å². The number of hydrogen-bond donors (Lipinski definition) is 1. The SMILES string of the molecule is CCC1(CO)CCN(C(=O)C2(c3ccc(C)c(OC)c3)CC2)CC1. The first-order valence-corrected chi connectivity index (χ1v) is 9.06. The van der Waals surface area contributed by atoms with Crippen molar-refractivity contribution >= 4 is 5.91 Å². The molecule has 1 amide bonds. The lowest BCUT2D eigenvalue weighted by Crippen LogP contribution is -2.48. The second-order valence-electron chi connectivity index (χ2n) is 7.57. The van der Waals surface area contributed by atoms with Crippen LogP contribution in [0.2, 0.25) is 0 Å². The lowest BCUT2D eigenvalue weighted by molar-refractivity contribution is -0.137. The number of carbonyl (C=O) groups excluding carboxylic acids is 1. The van der Waals surface area contributed by atoms with Crippen LogP contribution in [0.15, 0.2) is 18.2 Å². The van der Waals surface area contributed by atoms with Gasteiger partial charge in [-0.3, -0.25) is 4.79 Å². The monoisotopic (exact) mass is 331 g/mol. The topological polar surface area (TPSA) is 49.8 Å². The zero-order valence-corrected chi connectivity index (χ0v) is 15.1. The summed E-state index contributed by atoms with van der Waals surface area (Å²) in [7, 11) is 1.68. The number of benzene rings is 1. The normalized spacial score (nSPS) is 21.4. The molecule has 1 aliphatic heterocycles. The van der Waals surface area contributed by atoms with E-state index in [9.17, 15) is 9.90 Å². The molecule has 0 aromatic heterocycles. The summed E-state index contributed by atoms with van der Waals surface area (Å²) in [5, 5.41) is 9.68. The maximum atomic E-state index is 13.2. The summed E-state index contributed by atoms with van der Waals surface area (Å²) in [4.78, 5) is 15.2. The van der Waals surface area contributed by atoms with Gasteiger partial charge in [0.2, 0.25) is 5.91 Å². The van der Waals surface area contributed by atoms with Gasteiger partial charge in [0, 0.05) is 19.7 Å². The second kappa shape index (κ2) is 6.40. The smallest absolute Gasteiger partial charge is 0.233 e. The largest absolute Gasteiger partial charge is 0.496 e. The van der Waals surface area contributed by atoms with Crippen molar-refractivity contribution in [2.45, 2.75) is 51.4 Å². The fourth-order valence-electron chi connectivity index (χ4n) is 3.98. The third-order valence-corrected chi connectivity index (χ3v) is 6.32. The number of aliphatic hydroxyl groups is 1. The number of hydrogen-bond acceptors (Lipinski definition) is 3. The molecule has 0 atom stereocenters. The first-order valence-electron chi connectivity index (χ1n) is 9.06. The van der Waals surface area contributed by atoms with E-state index in [0.717, 1.165) is 62.1 Å². The summed E-state index contributed by atoms with van der Waals surface area (Å²) in [5.41, 5.74) is 1.86. The molecule has 1 saturated carbocycles. The molecule has 2 fully saturated rings. The van der Waals surface area contributed by atoms with Gasteiger partial charge in [-0.05, 0) is 61.6 Å². The van der Waals surface area contributed by atoms with Crippen LogP contribution in [0.3, 0.4) is 0 Å². The average Bonchev–Trinajstić information content (AvgIpc) is 3.43.